The summed E-state index contributed by atoms with van der Waals surface area (Å²) in [6, 6.07) is 19.6. The van der Waals surface area contributed by atoms with Gasteiger partial charge in [0.2, 0.25) is 5.17 Å². The van der Waals surface area contributed by atoms with Crippen molar-refractivity contribution < 1.29 is 19.1 Å². The van der Waals surface area contributed by atoms with Crippen LogP contribution in [0, 0.1) is 16.7 Å². The van der Waals surface area contributed by atoms with E-state index in [1.165, 1.54) is 30.3 Å². The number of amides is 1. The Kier molecular flexibility index (Phi) is 6.10. The van der Waals surface area contributed by atoms with Gasteiger partial charge in [-0.2, -0.15) is 5.10 Å². The van der Waals surface area contributed by atoms with E-state index in [9.17, 15) is 9.59 Å². The summed E-state index contributed by atoms with van der Waals surface area (Å²) in [6.07, 6.45) is 5.02. The summed E-state index contributed by atoms with van der Waals surface area (Å²) in [7, 11) is 0. The highest BCUT2D eigenvalue weighted by atomic mass is 32.2. The summed E-state index contributed by atoms with van der Waals surface area (Å²) in [5, 5.41) is 19.1. The van der Waals surface area contributed by atoms with Gasteiger partial charge >= 0.3 is 5.97 Å². The van der Waals surface area contributed by atoms with E-state index in [1.54, 1.807) is 35.2 Å². The number of fused-ring (bicyclic) bond motifs is 2. The summed E-state index contributed by atoms with van der Waals surface area (Å²) >= 11 is 1.28. The summed E-state index contributed by atoms with van der Waals surface area (Å²) < 4.78 is 5.99. The van der Waals surface area contributed by atoms with Crippen LogP contribution in [-0.4, -0.2) is 27.9 Å². The second-order valence-electron chi connectivity index (χ2n) is 11.1. The van der Waals surface area contributed by atoms with E-state index in [4.69, 9.17) is 14.6 Å². The molecule has 2 bridgehead atoms. The average molecular weight is 540 g/mol. The number of hydrogen-bond donors (Lipinski definition) is 1. The number of aromatic carboxylic acids is 1. The molecule has 0 radical (unpaired) electrons. The molecule has 1 N–H and O–H groups in total. The number of benzene rings is 2. The number of thioether (sulfide) groups is 1. The van der Waals surface area contributed by atoms with E-state index in [0.717, 1.165) is 29.8 Å². The highest BCUT2D eigenvalue weighted by Crippen LogP contribution is 2.64. The maximum atomic E-state index is 13.6. The zero-order chi connectivity index (χ0) is 27.4. The Labute approximate surface area is 231 Å². The van der Waals surface area contributed by atoms with Gasteiger partial charge in [0, 0.05) is 22.8 Å². The zero-order valence-corrected chi connectivity index (χ0v) is 22.9. The van der Waals surface area contributed by atoms with Crippen LogP contribution in [0.5, 0.6) is 0 Å². The summed E-state index contributed by atoms with van der Waals surface area (Å²) in [4.78, 5) is 26.8. The predicted molar refractivity (Wildman–Crippen MR) is 155 cm³/mol. The molecule has 2 unspecified atom stereocenters. The minimum Gasteiger partial charge on any atom is -0.478 e. The van der Waals surface area contributed by atoms with Crippen molar-refractivity contribution in [3.63, 3.8) is 0 Å². The summed E-state index contributed by atoms with van der Waals surface area (Å²) in [5.41, 5.74) is 3.04. The number of furan rings is 1. The first-order valence-electron chi connectivity index (χ1n) is 13.0. The molecule has 1 aromatic heterocycles. The van der Waals surface area contributed by atoms with Crippen LogP contribution in [0.4, 0.5) is 5.69 Å². The lowest BCUT2D eigenvalue weighted by molar-refractivity contribution is -0.113. The van der Waals surface area contributed by atoms with Gasteiger partial charge in [-0.05, 0) is 78.8 Å². The van der Waals surface area contributed by atoms with E-state index in [2.05, 4.69) is 25.9 Å². The number of anilines is 1. The molecule has 3 aromatic rings. The third-order valence-electron chi connectivity index (χ3n) is 8.91. The molecule has 7 nitrogen and oxygen atoms in total. The van der Waals surface area contributed by atoms with Crippen molar-refractivity contribution in [3.8, 4) is 11.3 Å². The Morgan fingerprint density at radius 2 is 1.79 bits per heavy atom. The molecule has 1 amide bonds. The van der Waals surface area contributed by atoms with Gasteiger partial charge < -0.3 is 9.52 Å². The van der Waals surface area contributed by atoms with E-state index in [0.29, 0.717) is 27.5 Å². The van der Waals surface area contributed by atoms with E-state index in [1.807, 2.05) is 30.3 Å². The Bertz CT molecular complexity index is 1550. The first kappa shape index (κ1) is 25.4. The smallest absolute Gasteiger partial charge is 0.335 e. The van der Waals surface area contributed by atoms with Gasteiger partial charge in [-0.1, -0.05) is 51.1 Å². The SMILES string of the molecule is CC12CCC(C/C1=N\N=C1\S/C(=C\c3ccc(-c4ccc(C(=O)O)cc4)o3)C(=O)N1c1ccccc1)C2(C)C. The third-order valence-corrected chi connectivity index (χ3v) is 9.86. The van der Waals surface area contributed by atoms with Crippen LogP contribution in [0.3, 0.4) is 0 Å². The molecule has 2 atom stereocenters. The number of para-hydroxylation sites is 1. The fourth-order valence-electron chi connectivity index (χ4n) is 6.02. The molecular formula is C31H29N3O4S. The molecule has 1 aliphatic heterocycles. The Morgan fingerprint density at radius 1 is 1.05 bits per heavy atom. The molecule has 3 aliphatic rings. The maximum absolute atomic E-state index is 13.6. The van der Waals surface area contributed by atoms with Gasteiger partial charge in [0.15, 0.2) is 0 Å². The molecule has 2 heterocycles. The van der Waals surface area contributed by atoms with Crippen LogP contribution in [0.1, 0.15) is 56.2 Å². The fourth-order valence-corrected chi connectivity index (χ4v) is 6.93. The lowest BCUT2D eigenvalue weighted by Gasteiger charge is -2.34. The van der Waals surface area contributed by atoms with E-state index < -0.39 is 5.97 Å². The number of carbonyl (C=O) groups excluding carboxylic acids is 1. The van der Waals surface area contributed by atoms with Crippen molar-refractivity contribution in [1.29, 1.82) is 0 Å². The molecule has 0 spiro atoms. The second-order valence-corrected chi connectivity index (χ2v) is 12.1. The number of carboxylic acid groups (broad SMARTS) is 1. The molecule has 8 heteroatoms. The molecule has 3 fully saturated rings. The number of rotatable bonds is 5. The number of carboxylic acids is 1. The maximum Gasteiger partial charge on any atom is 0.335 e. The van der Waals surface area contributed by atoms with E-state index in [-0.39, 0.29) is 22.3 Å². The van der Waals surface area contributed by atoms with Crippen molar-refractivity contribution in [3.05, 3.63) is 83.0 Å². The third kappa shape index (κ3) is 4.23. The normalized spacial score (nSPS) is 26.8. The van der Waals surface area contributed by atoms with Gasteiger partial charge in [0.05, 0.1) is 16.2 Å². The molecule has 198 valence electrons. The van der Waals surface area contributed by atoms with Crippen LogP contribution in [0.25, 0.3) is 17.4 Å². The predicted octanol–water partition coefficient (Wildman–Crippen LogP) is 7.32. The largest absolute Gasteiger partial charge is 0.478 e. The number of nitrogens with zero attached hydrogens (tertiary/aromatic N) is 3. The van der Waals surface area contributed by atoms with Crippen molar-refractivity contribution in [2.45, 2.75) is 40.0 Å². The van der Waals surface area contributed by atoms with Crippen LogP contribution in [0.15, 0.2) is 86.3 Å². The van der Waals surface area contributed by atoms with Crippen molar-refractivity contribution >= 4 is 46.3 Å². The number of carbonyl (C=O) groups is 2. The highest BCUT2D eigenvalue weighted by Gasteiger charge is 2.60. The molecule has 6 rings (SSSR count). The first-order chi connectivity index (χ1) is 18.7. The zero-order valence-electron chi connectivity index (χ0n) is 22.0. The van der Waals surface area contributed by atoms with Crippen molar-refractivity contribution in [1.82, 2.24) is 0 Å². The second kappa shape index (κ2) is 9.38. The van der Waals surface area contributed by atoms with Crippen LogP contribution < -0.4 is 4.90 Å². The standard InChI is InChI=1S/C31H29N3O4S/c1-30(2)21-15-16-31(30,3)26(17-21)32-33-29-34(22-7-5-4-6-8-22)27(35)25(39-29)18-23-13-14-24(38-23)19-9-11-20(12-10-19)28(36)37/h4-14,18,21H,15-17H2,1-3H3,(H,36,37)/b25-18-,32-26+,33-29+. The number of amidine groups is 1. The van der Waals surface area contributed by atoms with Gasteiger partial charge in [-0.3, -0.25) is 9.69 Å². The molecule has 2 aromatic carbocycles. The molecule has 1 saturated heterocycles. The van der Waals surface area contributed by atoms with Gasteiger partial charge in [0.1, 0.15) is 11.5 Å². The van der Waals surface area contributed by atoms with Crippen molar-refractivity contribution in [2.24, 2.45) is 27.0 Å². The summed E-state index contributed by atoms with van der Waals surface area (Å²) in [5.74, 6) is 0.557. The quantitative estimate of drug-likeness (QED) is 0.271. The lowest BCUT2D eigenvalue weighted by atomic mass is 9.70. The Hall–Kier alpha value is -3.91. The topological polar surface area (TPSA) is 95.5 Å². The first-order valence-corrected chi connectivity index (χ1v) is 13.9. The minimum absolute atomic E-state index is 0.0263. The van der Waals surface area contributed by atoms with E-state index >= 15 is 0 Å². The molecule has 2 aliphatic carbocycles. The number of hydrogen-bond acceptors (Lipinski definition) is 6. The molecule has 39 heavy (non-hydrogen) atoms. The van der Waals surface area contributed by atoms with Crippen molar-refractivity contribution in [2.75, 3.05) is 4.90 Å². The molecule has 2 saturated carbocycles. The van der Waals surface area contributed by atoms with Crippen LogP contribution in [-0.2, 0) is 4.79 Å². The van der Waals surface area contributed by atoms with Crippen LogP contribution in [0.2, 0.25) is 0 Å². The summed E-state index contributed by atoms with van der Waals surface area (Å²) in [6.45, 7) is 6.98. The average Bonchev–Trinajstić information content (AvgIpc) is 3.62. The highest BCUT2D eigenvalue weighted by molar-refractivity contribution is 8.19. The minimum atomic E-state index is -0.980. The fraction of sp³-hybridized carbons (Fsp3) is 0.290. The van der Waals surface area contributed by atoms with Gasteiger partial charge in [-0.15, -0.1) is 5.10 Å². The van der Waals surface area contributed by atoms with Gasteiger partial charge in [-0.25, -0.2) is 4.79 Å². The van der Waals surface area contributed by atoms with Gasteiger partial charge in [0.25, 0.3) is 5.91 Å². The monoisotopic (exact) mass is 539 g/mol. The Morgan fingerprint density at radius 3 is 2.44 bits per heavy atom. The Balaban J connectivity index is 1.31. The van der Waals surface area contributed by atoms with Crippen LogP contribution >= 0.6 is 11.8 Å². The molecular weight excluding hydrogens is 510 g/mol. The lowest BCUT2D eigenvalue weighted by Crippen LogP contribution is -2.32.